The highest BCUT2D eigenvalue weighted by Gasteiger charge is 2.67. The first-order chi connectivity index (χ1) is 24.9. The number of carbonyl (C=O) groups excluding carboxylic acids is 3. The van der Waals surface area contributed by atoms with Gasteiger partial charge >= 0.3 is 0 Å². The van der Waals surface area contributed by atoms with Crippen LogP contribution in [-0.2, 0) is 31.1 Å². The molecule has 6 atom stereocenters. The zero-order chi connectivity index (χ0) is 37.4. The monoisotopic (exact) mass is 736 g/mol. The van der Waals surface area contributed by atoms with Crippen LogP contribution >= 0.6 is 0 Å². The highest BCUT2D eigenvalue weighted by atomic mass is 28.4. The molecule has 2 fully saturated rings. The summed E-state index contributed by atoms with van der Waals surface area (Å²) in [6.07, 6.45) is 3.95. The molecule has 0 saturated carbocycles. The molecule has 6 rings (SSSR count). The van der Waals surface area contributed by atoms with Gasteiger partial charge in [-0.05, 0) is 101 Å². The lowest BCUT2D eigenvalue weighted by molar-refractivity contribution is -0.149. The number of benzene rings is 2. The van der Waals surface area contributed by atoms with Gasteiger partial charge in [0.25, 0.3) is 5.91 Å². The number of likely N-dealkylation sites (tertiary alicyclic amines) is 1. The average Bonchev–Trinajstić information content (AvgIpc) is 3.77. The Morgan fingerprint density at radius 2 is 1.94 bits per heavy atom. The number of hydrogen-bond acceptors (Lipinski definition) is 8. The molecule has 0 radical (unpaired) electrons. The molecule has 0 aliphatic carbocycles. The second-order valence-electron chi connectivity index (χ2n) is 15.0. The molecule has 52 heavy (non-hydrogen) atoms. The molecule has 282 valence electrons. The smallest absolute Gasteiger partial charge is 0.264 e. The number of ether oxygens (including phenoxy) is 2. The van der Waals surface area contributed by atoms with Crippen molar-refractivity contribution in [2.24, 2.45) is 5.92 Å². The second-order valence-corrected chi connectivity index (χ2v) is 18.8. The summed E-state index contributed by atoms with van der Waals surface area (Å²) in [5, 5.41) is 22.6. The van der Waals surface area contributed by atoms with E-state index in [2.05, 4.69) is 11.9 Å². The van der Waals surface area contributed by atoms with Crippen molar-refractivity contribution in [2.45, 2.75) is 94.8 Å². The molecule has 4 aliphatic heterocycles. The van der Waals surface area contributed by atoms with Crippen molar-refractivity contribution in [3.8, 4) is 5.75 Å². The number of aliphatic hydroxyl groups is 2. The zero-order valence-corrected chi connectivity index (χ0v) is 31.8. The molecule has 3 amide bonds. The predicted molar refractivity (Wildman–Crippen MR) is 200 cm³/mol. The molecule has 2 aromatic rings. The van der Waals surface area contributed by atoms with Crippen LogP contribution in [0.25, 0.3) is 0 Å². The van der Waals surface area contributed by atoms with Gasteiger partial charge in [-0.3, -0.25) is 19.3 Å². The first-order valence-corrected chi connectivity index (χ1v) is 21.6. The normalized spacial score (nSPS) is 27.1. The van der Waals surface area contributed by atoms with E-state index in [0.29, 0.717) is 73.8 Å². The van der Waals surface area contributed by atoms with E-state index in [1.54, 1.807) is 33.9 Å². The zero-order valence-electron chi connectivity index (χ0n) is 30.8. The molecule has 4 heterocycles. The molecule has 2 saturated heterocycles. The van der Waals surface area contributed by atoms with Gasteiger partial charge in [0.15, 0.2) is 5.60 Å². The first-order valence-electron chi connectivity index (χ1n) is 18.7. The molecule has 0 aromatic heterocycles. The van der Waals surface area contributed by atoms with Crippen molar-refractivity contribution in [2.75, 3.05) is 49.3 Å². The van der Waals surface area contributed by atoms with E-state index in [9.17, 15) is 24.6 Å². The summed E-state index contributed by atoms with van der Waals surface area (Å²) >= 11 is 0. The van der Waals surface area contributed by atoms with E-state index in [0.717, 1.165) is 12.0 Å². The number of unbranched alkanes of at least 4 members (excludes halogenated alkanes) is 1. The van der Waals surface area contributed by atoms with Crippen molar-refractivity contribution in [3.05, 3.63) is 60.2 Å². The van der Waals surface area contributed by atoms with Crippen molar-refractivity contribution >= 4 is 43.2 Å². The Bertz CT molecular complexity index is 1690. The summed E-state index contributed by atoms with van der Waals surface area (Å²) in [6, 6.07) is 10.3. The number of halogens is 1. The van der Waals surface area contributed by atoms with Crippen molar-refractivity contribution < 1.29 is 38.2 Å². The van der Waals surface area contributed by atoms with Crippen LogP contribution < -0.4 is 19.9 Å². The Balaban J connectivity index is 1.43. The lowest BCUT2D eigenvalue weighted by atomic mass is 9.82. The third kappa shape index (κ3) is 6.70. The van der Waals surface area contributed by atoms with E-state index < -0.39 is 37.6 Å². The van der Waals surface area contributed by atoms with Gasteiger partial charge in [0, 0.05) is 42.4 Å². The summed E-state index contributed by atoms with van der Waals surface area (Å²) in [6.45, 7) is 12.6. The van der Waals surface area contributed by atoms with Crippen LogP contribution in [0, 0.1) is 5.92 Å². The number of rotatable bonds is 14. The summed E-state index contributed by atoms with van der Waals surface area (Å²) in [7, 11) is -3.55. The highest BCUT2D eigenvalue weighted by Crippen LogP contribution is 2.61. The quantitative estimate of drug-likeness (QED) is 0.110. The molecule has 13 heteroatoms. The topological polar surface area (TPSA) is 132 Å². The van der Waals surface area contributed by atoms with Gasteiger partial charge < -0.3 is 38.9 Å². The van der Waals surface area contributed by atoms with Gasteiger partial charge in [0.05, 0.1) is 49.2 Å². The standard InChI is InChI=1S/C39H53FN4O7Si/c1-6-17-43-33-14-12-27(44-32-15-13-29(50-7-2)20-26(32)21-31(37(44)48)41-16-8-9-19-45)22-30(33)39(38(43)49)25(3)36(52(4,5)40)34(51-39)23-35(47)42-18-10-11-28(42)24-46/h6,12-15,20,22,25,28,31,34,36,41,45-46H,1,7-11,16-19,21,23-24H2,2-5H3/t25-,28-,31?,34+,36-,39+/m0/s1. The van der Waals surface area contributed by atoms with Gasteiger partial charge in [0.2, 0.25) is 20.2 Å². The molecule has 1 spiro atoms. The number of carbonyl (C=O) groups is 3. The molecular formula is C39H53FN4O7Si. The maximum Gasteiger partial charge on any atom is 0.264 e. The fraction of sp³-hybridized carbons (Fsp3) is 0.564. The second kappa shape index (κ2) is 15.4. The number of hydrogen-bond donors (Lipinski definition) is 3. The molecule has 4 aliphatic rings. The van der Waals surface area contributed by atoms with Gasteiger partial charge in [-0.1, -0.05) is 13.0 Å². The summed E-state index contributed by atoms with van der Waals surface area (Å²) in [5.74, 6) is -0.638. The van der Waals surface area contributed by atoms with Gasteiger partial charge in [0.1, 0.15) is 5.75 Å². The summed E-state index contributed by atoms with van der Waals surface area (Å²) < 4.78 is 29.2. The van der Waals surface area contributed by atoms with Gasteiger partial charge in [-0.15, -0.1) is 6.58 Å². The fourth-order valence-electron chi connectivity index (χ4n) is 9.05. The Morgan fingerprint density at radius 3 is 2.63 bits per heavy atom. The Hall–Kier alpha value is -3.62. The van der Waals surface area contributed by atoms with Crippen molar-refractivity contribution in [1.29, 1.82) is 0 Å². The van der Waals surface area contributed by atoms with Crippen molar-refractivity contribution in [1.82, 2.24) is 10.2 Å². The fourth-order valence-corrected chi connectivity index (χ4v) is 11.5. The van der Waals surface area contributed by atoms with Crippen LogP contribution in [0.4, 0.5) is 21.2 Å². The SMILES string of the molecule is C=CCN1C(=O)[C@]2(O[C@H](CC(=O)N3CCC[C@H]3CO)[C@@H]([Si](C)(C)F)[C@@H]2C)c2cc(N3C(=O)C(NCCCCO)Cc4cc(OCC)ccc43)ccc21. The van der Waals surface area contributed by atoms with Crippen LogP contribution in [0.3, 0.4) is 0 Å². The number of amides is 3. The van der Waals surface area contributed by atoms with Crippen molar-refractivity contribution in [3.63, 3.8) is 0 Å². The number of nitrogens with one attached hydrogen (secondary N) is 1. The van der Waals surface area contributed by atoms with Gasteiger partial charge in [-0.2, -0.15) is 0 Å². The molecular weight excluding hydrogens is 684 g/mol. The molecule has 11 nitrogen and oxygen atoms in total. The lowest BCUT2D eigenvalue weighted by Crippen LogP contribution is -2.49. The summed E-state index contributed by atoms with van der Waals surface area (Å²) in [4.78, 5) is 47.7. The van der Waals surface area contributed by atoms with Crippen LogP contribution in [0.1, 0.15) is 57.1 Å². The largest absolute Gasteiger partial charge is 0.494 e. The highest BCUT2D eigenvalue weighted by molar-refractivity contribution is 6.72. The number of fused-ring (bicyclic) bond motifs is 3. The van der Waals surface area contributed by atoms with Gasteiger partial charge in [-0.25, -0.2) is 0 Å². The Morgan fingerprint density at radius 1 is 1.17 bits per heavy atom. The minimum absolute atomic E-state index is 0.0747. The maximum absolute atomic E-state index is 16.5. The van der Waals surface area contributed by atoms with E-state index in [1.807, 2.05) is 50.2 Å². The van der Waals surface area contributed by atoms with Crippen LogP contribution in [0.15, 0.2) is 49.1 Å². The van der Waals surface area contributed by atoms with E-state index in [4.69, 9.17) is 9.47 Å². The van der Waals surface area contributed by atoms with E-state index >= 15 is 4.11 Å². The molecule has 3 N–H and O–H groups in total. The van der Waals surface area contributed by atoms with Crippen LogP contribution in [-0.4, -0.2) is 98.9 Å². The molecule has 0 bridgehead atoms. The lowest BCUT2D eigenvalue weighted by Gasteiger charge is -2.36. The molecule has 2 aromatic carbocycles. The number of anilines is 3. The minimum atomic E-state index is -3.55. The maximum atomic E-state index is 16.5. The average molecular weight is 737 g/mol. The first kappa shape index (κ1) is 38.1. The third-order valence-electron chi connectivity index (χ3n) is 11.3. The predicted octanol–water partition coefficient (Wildman–Crippen LogP) is 4.72. The van der Waals surface area contributed by atoms with E-state index in [1.165, 1.54) is 0 Å². The summed E-state index contributed by atoms with van der Waals surface area (Å²) in [5.41, 5.74) is 1.01. The number of aliphatic hydroxyl groups excluding tert-OH is 2. The van der Waals surface area contributed by atoms with E-state index in [-0.39, 0.29) is 49.9 Å². The minimum Gasteiger partial charge on any atom is -0.494 e. The molecule has 1 unspecified atom stereocenters. The van der Waals surface area contributed by atoms with Crippen LogP contribution in [0.2, 0.25) is 18.6 Å². The number of nitrogens with zero attached hydrogens (tertiary/aromatic N) is 3. The third-order valence-corrected chi connectivity index (χ3v) is 13.8. The Labute approximate surface area is 306 Å². The van der Waals surface area contributed by atoms with Crippen LogP contribution in [0.5, 0.6) is 5.75 Å². The Kier molecular flexibility index (Phi) is 11.3.